The summed E-state index contributed by atoms with van der Waals surface area (Å²) in [7, 11) is -3.06. The molecule has 0 unspecified atom stereocenters. The van der Waals surface area contributed by atoms with Gasteiger partial charge in [-0.25, -0.2) is 0 Å². The van der Waals surface area contributed by atoms with Crippen molar-refractivity contribution < 1.29 is 22.9 Å². The number of halogens is 3. The van der Waals surface area contributed by atoms with Gasteiger partial charge in [0.15, 0.2) is 0 Å². The molecule has 1 saturated heterocycles. The zero-order valence-electron chi connectivity index (χ0n) is 22.9. The Morgan fingerprint density at radius 1 is 0.875 bits per heavy atom. The Hall–Kier alpha value is -3.05. The molecule has 1 aliphatic heterocycles. The van der Waals surface area contributed by atoms with Gasteiger partial charge in [0.25, 0.3) is 14.0 Å². The van der Waals surface area contributed by atoms with Crippen LogP contribution < -0.4 is 10.4 Å². The van der Waals surface area contributed by atoms with Crippen molar-refractivity contribution in [2.24, 2.45) is 0 Å². The first-order chi connectivity index (χ1) is 18.9. The van der Waals surface area contributed by atoms with E-state index in [0.717, 1.165) is 48.9 Å². The molecule has 0 spiro atoms. The molecule has 1 heterocycles. The number of benzene rings is 3. The largest absolute Gasteiger partial charge is 0.424 e. The lowest BCUT2D eigenvalue weighted by atomic mass is 10.0. The van der Waals surface area contributed by atoms with Crippen LogP contribution in [0, 0.1) is 10.1 Å². The lowest BCUT2D eigenvalue weighted by Gasteiger charge is -2.42. The Bertz CT molecular complexity index is 1240. The van der Waals surface area contributed by atoms with E-state index < -0.39 is 30.7 Å². The molecule has 1 N–H and O–H groups in total. The van der Waals surface area contributed by atoms with E-state index in [1.807, 2.05) is 65.6 Å². The third-order valence-electron chi connectivity index (χ3n) is 8.11. The van der Waals surface area contributed by atoms with Crippen molar-refractivity contribution in [3.05, 3.63) is 100 Å². The molecule has 214 valence electrons. The van der Waals surface area contributed by atoms with Gasteiger partial charge in [-0.05, 0) is 40.4 Å². The van der Waals surface area contributed by atoms with Crippen molar-refractivity contribution >= 4 is 24.4 Å². The van der Waals surface area contributed by atoms with E-state index in [1.165, 1.54) is 6.07 Å². The fraction of sp³-hybridized carbons (Fsp3) is 0.400. The number of nitrogens with zero attached hydrogens (tertiary/aromatic N) is 3. The average Bonchev–Trinajstić information content (AvgIpc) is 2.94. The summed E-state index contributed by atoms with van der Waals surface area (Å²) < 4.78 is 40.7. The van der Waals surface area contributed by atoms with Crippen molar-refractivity contribution in [3.8, 4) is 0 Å². The first-order valence-corrected chi connectivity index (χ1v) is 15.5. The predicted molar refractivity (Wildman–Crippen MR) is 153 cm³/mol. The predicted octanol–water partition coefficient (Wildman–Crippen LogP) is 5.04. The van der Waals surface area contributed by atoms with Crippen molar-refractivity contribution in [3.63, 3.8) is 0 Å². The molecule has 3 aromatic carbocycles. The van der Waals surface area contributed by atoms with E-state index in [-0.39, 0.29) is 17.1 Å². The van der Waals surface area contributed by atoms with Gasteiger partial charge in [-0.3, -0.25) is 15.0 Å². The molecule has 10 heteroatoms. The van der Waals surface area contributed by atoms with Crippen LogP contribution in [0.5, 0.6) is 0 Å². The Morgan fingerprint density at radius 3 is 1.90 bits per heavy atom. The average molecular weight is 572 g/mol. The molecule has 0 radical (unpaired) electrons. The van der Waals surface area contributed by atoms with Gasteiger partial charge in [0.05, 0.1) is 10.5 Å². The maximum Gasteiger partial charge on any atom is 0.416 e. The first kappa shape index (κ1) is 29.9. The molecule has 1 aliphatic rings. The summed E-state index contributed by atoms with van der Waals surface area (Å²) in [6.07, 6.45) is -2.93. The topological polar surface area (TPSA) is 69.9 Å². The van der Waals surface area contributed by atoms with Crippen LogP contribution >= 0.6 is 0 Å². The minimum atomic E-state index is -4.65. The van der Waals surface area contributed by atoms with Crippen LogP contribution in [0.1, 0.15) is 37.8 Å². The number of hydrogen-bond acceptors (Lipinski definition) is 5. The monoisotopic (exact) mass is 571 g/mol. The van der Waals surface area contributed by atoms with E-state index in [2.05, 4.69) is 18.7 Å². The number of hydrogen-bond donors (Lipinski definition) is 1. The van der Waals surface area contributed by atoms with Crippen LogP contribution in [0.25, 0.3) is 0 Å². The van der Waals surface area contributed by atoms with Gasteiger partial charge in [-0.1, -0.05) is 80.6 Å². The highest BCUT2D eigenvalue weighted by Crippen LogP contribution is 2.40. The van der Waals surface area contributed by atoms with Crippen molar-refractivity contribution in [1.29, 1.82) is 0 Å². The highest BCUT2D eigenvalue weighted by Gasteiger charge is 2.49. The van der Waals surface area contributed by atoms with Crippen molar-refractivity contribution in [2.75, 3.05) is 32.7 Å². The number of rotatable bonds is 10. The summed E-state index contributed by atoms with van der Waals surface area (Å²) >= 11 is 0. The summed E-state index contributed by atoms with van der Waals surface area (Å²) in [6.45, 7) is 7.94. The Labute approximate surface area is 234 Å². The molecule has 0 aliphatic carbocycles. The van der Waals surface area contributed by atoms with Crippen molar-refractivity contribution in [2.45, 2.75) is 44.4 Å². The molecular weight excluding hydrogens is 535 g/mol. The van der Waals surface area contributed by atoms with Crippen LogP contribution in [-0.2, 0) is 12.7 Å². The SMILES string of the molecule is CC(C)(CCCN1CCN(Cc2ccc([N+](=O)[O-])cc2C(F)(F)F)CC1)[Si](O)(c1ccccc1)c1ccccc1. The molecule has 40 heavy (non-hydrogen) atoms. The van der Waals surface area contributed by atoms with Gasteiger partial charge in [0.2, 0.25) is 0 Å². The number of nitro benzene ring substituents is 1. The third-order valence-corrected chi connectivity index (χ3v) is 12.7. The first-order valence-electron chi connectivity index (χ1n) is 13.5. The molecule has 0 amide bonds. The molecule has 0 saturated carbocycles. The Kier molecular flexibility index (Phi) is 9.14. The summed E-state index contributed by atoms with van der Waals surface area (Å²) in [5.41, 5.74) is -1.45. The zero-order valence-corrected chi connectivity index (χ0v) is 23.9. The van der Waals surface area contributed by atoms with Gasteiger partial charge < -0.3 is 9.70 Å². The summed E-state index contributed by atoms with van der Waals surface area (Å²) in [5.74, 6) is 0. The highest BCUT2D eigenvalue weighted by molar-refractivity contribution is 6.98. The fourth-order valence-electron chi connectivity index (χ4n) is 5.72. The van der Waals surface area contributed by atoms with Crippen LogP contribution in [0.3, 0.4) is 0 Å². The van der Waals surface area contributed by atoms with Gasteiger partial charge in [0.1, 0.15) is 0 Å². The minimum Gasteiger partial charge on any atom is -0.424 e. The highest BCUT2D eigenvalue weighted by atomic mass is 28.4. The quantitative estimate of drug-likeness (QED) is 0.210. The van der Waals surface area contributed by atoms with Crippen LogP contribution in [0.2, 0.25) is 5.04 Å². The molecule has 3 aromatic rings. The van der Waals surface area contributed by atoms with Crippen LogP contribution in [-0.4, -0.2) is 60.6 Å². The number of non-ortho nitro benzene ring substituents is 1. The van der Waals surface area contributed by atoms with E-state index in [0.29, 0.717) is 19.2 Å². The molecule has 1 fully saturated rings. The van der Waals surface area contributed by atoms with Crippen LogP contribution in [0.4, 0.5) is 18.9 Å². The Morgan fingerprint density at radius 2 is 1.40 bits per heavy atom. The van der Waals surface area contributed by atoms with Gasteiger partial charge in [0, 0.05) is 44.9 Å². The normalized spacial score (nSPS) is 15.8. The molecule has 0 aromatic heterocycles. The smallest absolute Gasteiger partial charge is 0.416 e. The maximum atomic E-state index is 13.6. The van der Waals surface area contributed by atoms with Gasteiger partial charge in [-0.2, -0.15) is 13.2 Å². The summed E-state index contributed by atoms with van der Waals surface area (Å²) in [4.78, 5) is 26.8. The van der Waals surface area contributed by atoms with Crippen molar-refractivity contribution in [1.82, 2.24) is 9.80 Å². The molecule has 0 bridgehead atoms. The maximum absolute atomic E-state index is 13.6. The van der Waals surface area contributed by atoms with Crippen LogP contribution in [0.15, 0.2) is 78.9 Å². The van der Waals surface area contributed by atoms with Gasteiger partial charge >= 0.3 is 6.18 Å². The summed E-state index contributed by atoms with van der Waals surface area (Å²) in [5, 5.41) is 12.6. The summed E-state index contributed by atoms with van der Waals surface area (Å²) in [6, 6.07) is 22.9. The fourth-order valence-corrected chi connectivity index (χ4v) is 9.51. The molecule has 6 nitrogen and oxygen atoms in total. The van der Waals surface area contributed by atoms with E-state index in [4.69, 9.17) is 0 Å². The number of piperazine rings is 1. The number of alkyl halides is 3. The Balaban J connectivity index is 1.36. The standard InChI is InChI=1S/C30H36F3N3O3Si/c1-29(2,40(39,26-10-5-3-6-11-26)27-12-7-4-8-13-27)16-9-17-34-18-20-35(21-19-34)23-24-14-15-25(36(37)38)22-28(24)30(31,32)33/h3-8,10-15,22,39H,9,16-21,23H2,1-2H3. The second-order valence-corrected chi connectivity index (χ2v) is 15.1. The number of nitro groups is 1. The third kappa shape index (κ3) is 6.63. The lowest BCUT2D eigenvalue weighted by Crippen LogP contribution is -2.65. The second-order valence-electron chi connectivity index (χ2n) is 11.1. The zero-order chi connectivity index (χ0) is 29.0. The second kappa shape index (κ2) is 12.2. The van der Waals surface area contributed by atoms with E-state index in [1.54, 1.807) is 0 Å². The molecule has 0 atom stereocenters. The van der Waals surface area contributed by atoms with E-state index >= 15 is 0 Å². The minimum absolute atomic E-state index is 0.0550. The van der Waals surface area contributed by atoms with Gasteiger partial charge in [-0.15, -0.1) is 0 Å². The lowest BCUT2D eigenvalue weighted by molar-refractivity contribution is -0.385. The molecular formula is C30H36F3N3O3Si. The van der Waals surface area contributed by atoms with E-state index in [9.17, 15) is 28.1 Å². The molecule has 4 rings (SSSR count).